The lowest BCUT2D eigenvalue weighted by Crippen LogP contribution is -2.26. The van der Waals surface area contributed by atoms with Crippen LogP contribution in [-0.4, -0.2) is 33.2 Å². The Hall–Kier alpha value is -1.72. The summed E-state index contributed by atoms with van der Waals surface area (Å²) >= 11 is 0. The molecule has 2 aromatic rings. The Labute approximate surface area is 106 Å². The van der Waals surface area contributed by atoms with Gasteiger partial charge in [0.1, 0.15) is 11.4 Å². The minimum Gasteiger partial charge on any atom is -0.396 e. The van der Waals surface area contributed by atoms with Gasteiger partial charge in [0.25, 0.3) is 0 Å². The van der Waals surface area contributed by atoms with E-state index < -0.39 is 0 Å². The third-order valence-electron chi connectivity index (χ3n) is 2.85. The van der Waals surface area contributed by atoms with Crippen LogP contribution < -0.4 is 5.32 Å². The number of aromatic amines is 1. The van der Waals surface area contributed by atoms with Crippen LogP contribution in [0.15, 0.2) is 30.3 Å². The number of aliphatic hydroxyl groups is 1. The van der Waals surface area contributed by atoms with E-state index in [0.717, 1.165) is 23.4 Å². The highest BCUT2D eigenvalue weighted by molar-refractivity contribution is 5.60. The zero-order valence-corrected chi connectivity index (χ0v) is 10.4. The number of hydrogen-bond donors (Lipinski definition) is 3. The molecule has 0 aliphatic rings. The van der Waals surface area contributed by atoms with Crippen molar-refractivity contribution in [3.8, 4) is 11.3 Å². The van der Waals surface area contributed by atoms with Crippen LogP contribution in [0.4, 0.5) is 0 Å². The molecule has 96 valence electrons. The molecule has 1 aromatic carbocycles. The summed E-state index contributed by atoms with van der Waals surface area (Å²) in [6, 6.07) is 10.2. The van der Waals surface area contributed by atoms with Crippen molar-refractivity contribution in [2.45, 2.75) is 25.9 Å². The molecular formula is C13H18N4O. The highest BCUT2D eigenvalue weighted by Gasteiger charge is 2.10. The molecule has 1 aromatic heterocycles. The number of aliphatic hydroxyl groups excluding tert-OH is 1. The van der Waals surface area contributed by atoms with Crippen molar-refractivity contribution in [3.63, 3.8) is 0 Å². The number of rotatable bonds is 6. The highest BCUT2D eigenvalue weighted by atomic mass is 16.3. The van der Waals surface area contributed by atoms with Crippen LogP contribution in [0.3, 0.4) is 0 Å². The molecule has 5 heteroatoms. The van der Waals surface area contributed by atoms with E-state index in [9.17, 15) is 0 Å². The molecule has 0 aliphatic heterocycles. The van der Waals surface area contributed by atoms with E-state index in [1.54, 1.807) is 0 Å². The second-order valence-corrected chi connectivity index (χ2v) is 4.28. The van der Waals surface area contributed by atoms with Crippen LogP contribution in [0, 0.1) is 0 Å². The predicted molar refractivity (Wildman–Crippen MR) is 69.8 cm³/mol. The first-order valence-corrected chi connectivity index (χ1v) is 6.10. The van der Waals surface area contributed by atoms with Crippen LogP contribution in [0.25, 0.3) is 11.3 Å². The molecule has 0 spiro atoms. The van der Waals surface area contributed by atoms with E-state index in [0.29, 0.717) is 6.54 Å². The average molecular weight is 246 g/mol. The summed E-state index contributed by atoms with van der Waals surface area (Å²) in [5.74, 6) is 0. The van der Waals surface area contributed by atoms with Gasteiger partial charge in [-0.1, -0.05) is 30.3 Å². The van der Waals surface area contributed by atoms with Crippen LogP contribution >= 0.6 is 0 Å². The lowest BCUT2D eigenvalue weighted by molar-refractivity contribution is 0.268. The van der Waals surface area contributed by atoms with Gasteiger partial charge in [0, 0.05) is 24.8 Å². The first kappa shape index (κ1) is 12.7. The van der Waals surface area contributed by atoms with Gasteiger partial charge in [-0.05, 0) is 13.3 Å². The van der Waals surface area contributed by atoms with Gasteiger partial charge in [-0.3, -0.25) is 0 Å². The van der Waals surface area contributed by atoms with Crippen LogP contribution in [0.2, 0.25) is 0 Å². The van der Waals surface area contributed by atoms with Crippen molar-refractivity contribution in [1.29, 1.82) is 0 Å². The molecule has 0 aliphatic carbocycles. The molecule has 1 atom stereocenters. The first-order valence-electron chi connectivity index (χ1n) is 6.10. The number of aromatic nitrogens is 3. The van der Waals surface area contributed by atoms with Crippen LogP contribution in [-0.2, 0) is 6.54 Å². The van der Waals surface area contributed by atoms with Crippen molar-refractivity contribution in [2.24, 2.45) is 0 Å². The van der Waals surface area contributed by atoms with Gasteiger partial charge in [-0.15, -0.1) is 0 Å². The average Bonchev–Trinajstić information content (AvgIpc) is 2.86. The molecule has 1 heterocycles. The molecule has 0 amide bonds. The maximum atomic E-state index is 8.85. The summed E-state index contributed by atoms with van der Waals surface area (Å²) in [6.07, 6.45) is 0.735. The third kappa shape index (κ3) is 3.15. The van der Waals surface area contributed by atoms with E-state index >= 15 is 0 Å². The summed E-state index contributed by atoms with van der Waals surface area (Å²) in [5.41, 5.74) is 2.82. The third-order valence-corrected chi connectivity index (χ3v) is 2.85. The standard InChI is InChI=1S/C13H18N4O/c1-10(7-8-18)14-9-12-13(16-17-15-12)11-5-3-2-4-6-11/h2-6,10,14,18H,7-9H2,1H3,(H,15,16,17). The first-order chi connectivity index (χ1) is 8.81. The number of nitrogens with zero attached hydrogens (tertiary/aromatic N) is 2. The molecule has 0 radical (unpaired) electrons. The normalized spacial score (nSPS) is 12.6. The number of H-pyrrole nitrogens is 1. The molecule has 0 saturated heterocycles. The Kier molecular flexibility index (Phi) is 4.44. The number of benzene rings is 1. The van der Waals surface area contributed by atoms with Gasteiger partial charge < -0.3 is 10.4 Å². The smallest absolute Gasteiger partial charge is 0.117 e. The van der Waals surface area contributed by atoms with E-state index in [2.05, 4.69) is 20.7 Å². The Bertz CT molecular complexity index is 469. The second-order valence-electron chi connectivity index (χ2n) is 4.28. The Morgan fingerprint density at radius 3 is 2.78 bits per heavy atom. The molecule has 18 heavy (non-hydrogen) atoms. The lowest BCUT2D eigenvalue weighted by atomic mass is 10.1. The predicted octanol–water partition coefficient (Wildman–Crippen LogP) is 1.33. The summed E-state index contributed by atoms with van der Waals surface area (Å²) in [7, 11) is 0. The molecule has 0 fully saturated rings. The summed E-state index contributed by atoms with van der Waals surface area (Å²) in [6.45, 7) is 2.87. The van der Waals surface area contributed by atoms with Gasteiger partial charge in [0.15, 0.2) is 0 Å². The summed E-state index contributed by atoms with van der Waals surface area (Å²) < 4.78 is 0. The molecule has 1 unspecified atom stereocenters. The quantitative estimate of drug-likeness (QED) is 0.719. The Morgan fingerprint density at radius 1 is 1.28 bits per heavy atom. The van der Waals surface area contributed by atoms with E-state index in [1.807, 2.05) is 37.3 Å². The SMILES string of the molecule is CC(CCO)NCc1n[nH]nc1-c1ccccc1. The van der Waals surface area contributed by atoms with Crippen molar-refractivity contribution in [2.75, 3.05) is 6.61 Å². The topological polar surface area (TPSA) is 73.8 Å². The van der Waals surface area contributed by atoms with Crippen LogP contribution in [0.5, 0.6) is 0 Å². The summed E-state index contributed by atoms with van der Waals surface area (Å²) in [5, 5.41) is 23.2. The van der Waals surface area contributed by atoms with Gasteiger partial charge in [-0.2, -0.15) is 15.4 Å². The van der Waals surface area contributed by atoms with Crippen molar-refractivity contribution in [1.82, 2.24) is 20.7 Å². The molecule has 0 saturated carbocycles. The maximum Gasteiger partial charge on any atom is 0.117 e. The molecule has 3 N–H and O–H groups in total. The largest absolute Gasteiger partial charge is 0.396 e. The fraction of sp³-hybridized carbons (Fsp3) is 0.385. The van der Waals surface area contributed by atoms with Crippen molar-refractivity contribution >= 4 is 0 Å². The number of hydrogen-bond acceptors (Lipinski definition) is 4. The van der Waals surface area contributed by atoms with Crippen molar-refractivity contribution in [3.05, 3.63) is 36.0 Å². The molecule has 5 nitrogen and oxygen atoms in total. The monoisotopic (exact) mass is 246 g/mol. The zero-order valence-electron chi connectivity index (χ0n) is 10.4. The minimum atomic E-state index is 0.193. The number of nitrogens with one attached hydrogen (secondary N) is 2. The fourth-order valence-electron chi connectivity index (χ4n) is 1.77. The molecule has 0 bridgehead atoms. The lowest BCUT2D eigenvalue weighted by Gasteiger charge is -2.11. The Morgan fingerprint density at radius 2 is 2.06 bits per heavy atom. The van der Waals surface area contributed by atoms with E-state index in [4.69, 9.17) is 5.11 Å². The van der Waals surface area contributed by atoms with Crippen LogP contribution in [0.1, 0.15) is 19.0 Å². The Balaban J connectivity index is 2.05. The fourth-order valence-corrected chi connectivity index (χ4v) is 1.77. The molecule has 2 rings (SSSR count). The van der Waals surface area contributed by atoms with Gasteiger partial charge >= 0.3 is 0 Å². The maximum absolute atomic E-state index is 8.85. The zero-order chi connectivity index (χ0) is 12.8. The van der Waals surface area contributed by atoms with Crippen molar-refractivity contribution < 1.29 is 5.11 Å². The van der Waals surface area contributed by atoms with Gasteiger partial charge in [0.05, 0.1) is 0 Å². The minimum absolute atomic E-state index is 0.193. The highest BCUT2D eigenvalue weighted by Crippen LogP contribution is 2.18. The van der Waals surface area contributed by atoms with E-state index in [-0.39, 0.29) is 12.6 Å². The summed E-state index contributed by atoms with van der Waals surface area (Å²) in [4.78, 5) is 0. The second kappa shape index (κ2) is 6.28. The van der Waals surface area contributed by atoms with E-state index in [1.165, 1.54) is 0 Å². The van der Waals surface area contributed by atoms with Gasteiger partial charge in [0.2, 0.25) is 0 Å². The van der Waals surface area contributed by atoms with Gasteiger partial charge in [-0.25, -0.2) is 0 Å². The molecular weight excluding hydrogens is 228 g/mol.